The van der Waals surface area contributed by atoms with Crippen molar-refractivity contribution >= 4 is 10.9 Å². The Balaban J connectivity index is 1.62. The third-order valence-corrected chi connectivity index (χ3v) is 4.20. The number of benzene rings is 1. The topological polar surface area (TPSA) is 26.2 Å². The highest BCUT2D eigenvalue weighted by Crippen LogP contribution is 2.32. The highest BCUT2D eigenvalue weighted by atomic mass is 16.5. The molecule has 1 aliphatic carbocycles. The van der Waals surface area contributed by atoms with E-state index in [1.54, 1.807) is 0 Å². The molecule has 3 nitrogen and oxygen atoms in total. The van der Waals surface area contributed by atoms with Gasteiger partial charge in [0.15, 0.2) is 0 Å². The third kappa shape index (κ3) is 2.98. The van der Waals surface area contributed by atoms with E-state index in [-0.39, 0.29) is 0 Å². The first-order valence-electron chi connectivity index (χ1n) is 7.73. The first-order valence-corrected chi connectivity index (χ1v) is 7.73. The number of nitrogens with one attached hydrogen (secondary N) is 1. The van der Waals surface area contributed by atoms with Gasteiger partial charge in [0, 0.05) is 36.2 Å². The van der Waals surface area contributed by atoms with E-state index in [1.807, 2.05) is 6.92 Å². The van der Waals surface area contributed by atoms with Gasteiger partial charge in [0.1, 0.15) is 5.75 Å². The van der Waals surface area contributed by atoms with Crippen LogP contribution in [0.25, 0.3) is 10.9 Å². The van der Waals surface area contributed by atoms with Gasteiger partial charge in [0.2, 0.25) is 0 Å². The van der Waals surface area contributed by atoms with Gasteiger partial charge in [-0.1, -0.05) is 0 Å². The van der Waals surface area contributed by atoms with Crippen LogP contribution in [0.15, 0.2) is 30.5 Å². The molecule has 3 rings (SSSR count). The molecule has 1 N–H and O–H groups in total. The summed E-state index contributed by atoms with van der Waals surface area (Å²) in [6.07, 6.45) is 4.98. The quantitative estimate of drug-likeness (QED) is 0.835. The normalized spacial score (nSPS) is 16.5. The van der Waals surface area contributed by atoms with Gasteiger partial charge in [-0.25, -0.2) is 0 Å². The Hall–Kier alpha value is -1.48. The zero-order valence-corrected chi connectivity index (χ0v) is 12.4. The molecule has 0 aliphatic heterocycles. The van der Waals surface area contributed by atoms with Crippen LogP contribution in [0.3, 0.4) is 0 Å². The summed E-state index contributed by atoms with van der Waals surface area (Å²) in [5.74, 6) is 1.88. The fourth-order valence-electron chi connectivity index (χ4n) is 2.81. The van der Waals surface area contributed by atoms with Crippen molar-refractivity contribution < 1.29 is 4.74 Å². The number of ether oxygens (including phenoxy) is 1. The average molecular weight is 272 g/mol. The standard InChI is InChI=1S/C17H24N2O/c1-3-20-16-6-7-17-15(12-16)8-10-19(17)11-9-18-13(2)14-4-5-14/h6-8,10,12-14,18H,3-5,9,11H2,1-2H3. The van der Waals surface area contributed by atoms with Crippen LogP contribution in [-0.2, 0) is 6.54 Å². The molecule has 20 heavy (non-hydrogen) atoms. The number of rotatable bonds is 7. The first-order chi connectivity index (χ1) is 9.78. The highest BCUT2D eigenvalue weighted by Gasteiger charge is 2.27. The second kappa shape index (κ2) is 5.88. The van der Waals surface area contributed by atoms with E-state index in [9.17, 15) is 0 Å². The molecule has 1 fully saturated rings. The van der Waals surface area contributed by atoms with Gasteiger partial charge in [-0.3, -0.25) is 0 Å². The second-order valence-electron chi connectivity index (χ2n) is 5.74. The number of aromatic nitrogens is 1. The summed E-state index contributed by atoms with van der Waals surface area (Å²) in [4.78, 5) is 0. The zero-order valence-electron chi connectivity index (χ0n) is 12.4. The molecular formula is C17H24N2O. The van der Waals surface area contributed by atoms with Crippen molar-refractivity contribution in [3.8, 4) is 5.75 Å². The molecule has 2 aromatic rings. The lowest BCUT2D eigenvalue weighted by atomic mass is 10.2. The maximum absolute atomic E-state index is 5.55. The Bertz CT molecular complexity index is 571. The molecule has 1 unspecified atom stereocenters. The molecule has 0 amide bonds. The summed E-state index contributed by atoms with van der Waals surface area (Å²) in [5.41, 5.74) is 1.29. The lowest BCUT2D eigenvalue weighted by Gasteiger charge is -2.13. The summed E-state index contributed by atoms with van der Waals surface area (Å²) < 4.78 is 7.86. The highest BCUT2D eigenvalue weighted by molar-refractivity contribution is 5.81. The number of fused-ring (bicyclic) bond motifs is 1. The van der Waals surface area contributed by atoms with E-state index in [4.69, 9.17) is 4.74 Å². The fourth-order valence-corrected chi connectivity index (χ4v) is 2.81. The molecule has 1 saturated carbocycles. The molecule has 108 valence electrons. The number of hydrogen-bond acceptors (Lipinski definition) is 2. The minimum Gasteiger partial charge on any atom is -0.494 e. The number of nitrogens with zero attached hydrogens (tertiary/aromatic N) is 1. The fraction of sp³-hybridized carbons (Fsp3) is 0.529. The average Bonchev–Trinajstić information content (AvgIpc) is 3.22. The summed E-state index contributed by atoms with van der Waals surface area (Å²) in [7, 11) is 0. The van der Waals surface area contributed by atoms with Gasteiger partial charge in [-0.05, 0) is 56.9 Å². The van der Waals surface area contributed by atoms with Gasteiger partial charge in [0.05, 0.1) is 6.61 Å². The van der Waals surface area contributed by atoms with Crippen molar-refractivity contribution in [2.75, 3.05) is 13.2 Å². The summed E-state index contributed by atoms with van der Waals surface area (Å²) in [6.45, 7) is 7.10. The van der Waals surface area contributed by atoms with Gasteiger partial charge < -0.3 is 14.6 Å². The lowest BCUT2D eigenvalue weighted by molar-refractivity contribution is 0.340. The molecule has 1 heterocycles. The van der Waals surface area contributed by atoms with Crippen LogP contribution < -0.4 is 10.1 Å². The predicted octanol–water partition coefficient (Wildman–Crippen LogP) is 3.43. The predicted molar refractivity (Wildman–Crippen MR) is 83.3 cm³/mol. The monoisotopic (exact) mass is 272 g/mol. The molecular weight excluding hydrogens is 248 g/mol. The van der Waals surface area contributed by atoms with Gasteiger partial charge in [0.25, 0.3) is 0 Å². The molecule has 3 heteroatoms. The van der Waals surface area contributed by atoms with Gasteiger partial charge >= 0.3 is 0 Å². The van der Waals surface area contributed by atoms with Crippen LogP contribution in [0.1, 0.15) is 26.7 Å². The van der Waals surface area contributed by atoms with Crippen LogP contribution in [0.4, 0.5) is 0 Å². The number of hydrogen-bond donors (Lipinski definition) is 1. The molecule has 0 saturated heterocycles. The Morgan fingerprint density at radius 3 is 2.95 bits per heavy atom. The molecule has 1 aromatic carbocycles. The second-order valence-corrected chi connectivity index (χ2v) is 5.74. The van der Waals surface area contributed by atoms with Crippen molar-refractivity contribution in [3.63, 3.8) is 0 Å². The van der Waals surface area contributed by atoms with Crippen LogP contribution in [0.5, 0.6) is 5.75 Å². The van der Waals surface area contributed by atoms with Crippen LogP contribution >= 0.6 is 0 Å². The Morgan fingerprint density at radius 2 is 2.20 bits per heavy atom. The molecule has 1 atom stereocenters. The van der Waals surface area contributed by atoms with E-state index >= 15 is 0 Å². The Morgan fingerprint density at radius 1 is 1.35 bits per heavy atom. The molecule has 1 aromatic heterocycles. The first kappa shape index (κ1) is 13.5. The van der Waals surface area contributed by atoms with E-state index in [2.05, 4.69) is 47.3 Å². The summed E-state index contributed by atoms with van der Waals surface area (Å²) in [6, 6.07) is 9.17. The van der Waals surface area contributed by atoms with E-state index in [0.717, 1.165) is 31.4 Å². The van der Waals surface area contributed by atoms with E-state index in [1.165, 1.54) is 23.7 Å². The molecule has 0 bridgehead atoms. The van der Waals surface area contributed by atoms with Gasteiger partial charge in [-0.2, -0.15) is 0 Å². The Kier molecular flexibility index (Phi) is 3.97. The van der Waals surface area contributed by atoms with Crippen LogP contribution in [-0.4, -0.2) is 23.8 Å². The van der Waals surface area contributed by atoms with Crippen molar-refractivity contribution in [2.45, 2.75) is 39.3 Å². The SMILES string of the molecule is CCOc1ccc2c(ccn2CCNC(C)C2CC2)c1. The van der Waals surface area contributed by atoms with Crippen LogP contribution in [0, 0.1) is 5.92 Å². The minimum absolute atomic E-state index is 0.668. The molecule has 1 aliphatic rings. The molecule has 0 spiro atoms. The van der Waals surface area contributed by atoms with Crippen molar-refractivity contribution in [1.82, 2.24) is 9.88 Å². The summed E-state index contributed by atoms with van der Waals surface area (Å²) >= 11 is 0. The van der Waals surface area contributed by atoms with Crippen molar-refractivity contribution in [3.05, 3.63) is 30.5 Å². The van der Waals surface area contributed by atoms with E-state index < -0.39 is 0 Å². The van der Waals surface area contributed by atoms with Crippen molar-refractivity contribution in [2.24, 2.45) is 5.92 Å². The minimum atomic E-state index is 0.668. The maximum atomic E-state index is 5.55. The van der Waals surface area contributed by atoms with Gasteiger partial charge in [-0.15, -0.1) is 0 Å². The smallest absolute Gasteiger partial charge is 0.120 e. The van der Waals surface area contributed by atoms with Crippen LogP contribution in [0.2, 0.25) is 0 Å². The van der Waals surface area contributed by atoms with E-state index in [0.29, 0.717) is 6.04 Å². The maximum Gasteiger partial charge on any atom is 0.120 e. The van der Waals surface area contributed by atoms with Crippen molar-refractivity contribution in [1.29, 1.82) is 0 Å². The zero-order chi connectivity index (χ0) is 13.9. The largest absolute Gasteiger partial charge is 0.494 e. The lowest BCUT2D eigenvalue weighted by Crippen LogP contribution is -2.30. The Labute approximate surface area is 120 Å². The third-order valence-electron chi connectivity index (χ3n) is 4.20. The molecule has 0 radical (unpaired) electrons. The summed E-state index contributed by atoms with van der Waals surface area (Å²) in [5, 5.41) is 4.89.